The predicted molar refractivity (Wildman–Crippen MR) is 111 cm³/mol. The van der Waals surface area contributed by atoms with Gasteiger partial charge in [-0.15, -0.1) is 0 Å². The summed E-state index contributed by atoms with van der Waals surface area (Å²) in [6, 6.07) is 4.30. The van der Waals surface area contributed by atoms with Crippen molar-refractivity contribution in [3.05, 3.63) is 105 Å². The van der Waals surface area contributed by atoms with E-state index in [1.165, 1.54) is 12.1 Å². The lowest BCUT2D eigenvalue weighted by molar-refractivity contribution is -0.145. The topological polar surface area (TPSA) is 20.2 Å². The molecule has 3 aromatic rings. The highest BCUT2D eigenvalue weighted by atomic mass is 19.4. The van der Waals surface area contributed by atoms with Gasteiger partial charge in [-0.2, -0.15) is 52.7 Å². The summed E-state index contributed by atoms with van der Waals surface area (Å²) in [7, 11) is 0. The average molecular weight is 578 g/mol. The first-order valence-corrected chi connectivity index (χ1v) is 10.7. The molecule has 1 nitrogen and oxygen atoms in total. The number of halogens is 13. The normalized spacial score (nSPS) is 14.8. The summed E-state index contributed by atoms with van der Waals surface area (Å²) in [5.74, 6) is -3.08. The van der Waals surface area contributed by atoms with E-state index in [-0.39, 0.29) is 42.0 Å². The van der Waals surface area contributed by atoms with Crippen molar-refractivity contribution in [2.24, 2.45) is 0 Å². The van der Waals surface area contributed by atoms with Gasteiger partial charge in [0.15, 0.2) is 0 Å². The summed E-state index contributed by atoms with van der Waals surface area (Å²) in [5.41, 5.74) is -9.89. The summed E-state index contributed by atoms with van der Waals surface area (Å²) >= 11 is 0. The lowest BCUT2D eigenvalue weighted by Crippen LogP contribution is -2.19. The lowest BCUT2D eigenvalue weighted by atomic mass is 9.82. The summed E-state index contributed by atoms with van der Waals surface area (Å²) in [5, 5.41) is 10.9. The van der Waals surface area contributed by atoms with E-state index >= 15 is 0 Å². The molecule has 0 radical (unpaired) electrons. The maximum Gasteiger partial charge on any atom is 0.416 e. The number of aliphatic hydroxyl groups excluding tert-OH is 1. The Morgan fingerprint density at radius 1 is 0.538 bits per heavy atom. The fourth-order valence-electron chi connectivity index (χ4n) is 3.89. The Kier molecular flexibility index (Phi) is 8.03. The molecule has 0 heterocycles. The number of benzene rings is 3. The van der Waals surface area contributed by atoms with Crippen LogP contribution in [0.4, 0.5) is 57.1 Å². The zero-order valence-electron chi connectivity index (χ0n) is 19.0. The highest BCUT2D eigenvalue weighted by molar-refractivity contribution is 5.41. The third-order valence-corrected chi connectivity index (χ3v) is 5.77. The van der Waals surface area contributed by atoms with Gasteiger partial charge in [0, 0.05) is 5.92 Å². The maximum atomic E-state index is 14.4. The molecular weight excluding hydrogens is 563 g/mol. The van der Waals surface area contributed by atoms with Crippen LogP contribution >= 0.6 is 0 Å². The van der Waals surface area contributed by atoms with Gasteiger partial charge in [0.1, 0.15) is 5.82 Å². The molecule has 0 aliphatic heterocycles. The van der Waals surface area contributed by atoms with E-state index in [9.17, 15) is 62.2 Å². The fourth-order valence-corrected chi connectivity index (χ4v) is 3.89. The van der Waals surface area contributed by atoms with Crippen LogP contribution in [-0.4, -0.2) is 5.11 Å². The number of aliphatic hydroxyl groups is 1. The van der Waals surface area contributed by atoms with Crippen LogP contribution < -0.4 is 0 Å². The Morgan fingerprint density at radius 2 is 0.897 bits per heavy atom. The Hall–Kier alpha value is -3.29. The summed E-state index contributed by atoms with van der Waals surface area (Å²) < 4.78 is 175. The van der Waals surface area contributed by atoms with Crippen molar-refractivity contribution >= 4 is 0 Å². The molecule has 39 heavy (non-hydrogen) atoms. The van der Waals surface area contributed by atoms with Gasteiger partial charge < -0.3 is 5.11 Å². The molecule has 0 aliphatic carbocycles. The molecule has 2 atom stereocenters. The van der Waals surface area contributed by atoms with Crippen LogP contribution in [0.5, 0.6) is 0 Å². The van der Waals surface area contributed by atoms with E-state index in [4.69, 9.17) is 0 Å². The third-order valence-electron chi connectivity index (χ3n) is 5.77. The summed E-state index contributed by atoms with van der Waals surface area (Å²) in [6.45, 7) is 0. The zero-order valence-corrected chi connectivity index (χ0v) is 19.0. The van der Waals surface area contributed by atoms with Crippen molar-refractivity contribution in [3.8, 4) is 0 Å². The molecule has 0 saturated heterocycles. The third kappa shape index (κ3) is 7.22. The van der Waals surface area contributed by atoms with Crippen LogP contribution in [0.15, 0.2) is 60.7 Å². The van der Waals surface area contributed by atoms with Crippen LogP contribution in [0, 0.1) is 5.82 Å². The van der Waals surface area contributed by atoms with Gasteiger partial charge in [0.05, 0.1) is 28.4 Å². The van der Waals surface area contributed by atoms with Gasteiger partial charge in [-0.05, 0) is 65.6 Å². The highest BCUT2D eigenvalue weighted by Gasteiger charge is 2.40. The molecule has 212 valence electrons. The van der Waals surface area contributed by atoms with Crippen LogP contribution in [0.1, 0.15) is 51.0 Å². The van der Waals surface area contributed by atoms with Crippen LogP contribution in [-0.2, 0) is 31.1 Å². The second-order valence-electron chi connectivity index (χ2n) is 8.53. The van der Waals surface area contributed by atoms with Gasteiger partial charge in [0.25, 0.3) is 0 Å². The maximum absolute atomic E-state index is 14.4. The van der Waals surface area contributed by atoms with E-state index in [1.807, 2.05) is 0 Å². The van der Waals surface area contributed by atoms with Gasteiger partial charge in [-0.1, -0.05) is 18.2 Å². The van der Waals surface area contributed by atoms with Crippen molar-refractivity contribution < 1.29 is 62.2 Å². The second kappa shape index (κ2) is 10.4. The van der Waals surface area contributed by atoms with Gasteiger partial charge in [-0.3, -0.25) is 0 Å². The number of alkyl halides is 12. The number of hydrogen-bond donors (Lipinski definition) is 1. The average Bonchev–Trinajstić information content (AvgIpc) is 2.80. The van der Waals surface area contributed by atoms with Crippen molar-refractivity contribution in [2.75, 3.05) is 0 Å². The molecule has 0 unspecified atom stereocenters. The first kappa shape index (κ1) is 30.3. The molecule has 0 aromatic heterocycles. The van der Waals surface area contributed by atoms with Crippen LogP contribution in [0.25, 0.3) is 0 Å². The molecule has 3 rings (SSSR count). The van der Waals surface area contributed by atoms with Crippen molar-refractivity contribution in [1.82, 2.24) is 0 Å². The largest absolute Gasteiger partial charge is 0.416 e. The lowest BCUT2D eigenvalue weighted by Gasteiger charge is -2.27. The van der Waals surface area contributed by atoms with Gasteiger partial charge in [0.2, 0.25) is 0 Å². The molecule has 0 saturated carbocycles. The van der Waals surface area contributed by atoms with E-state index in [0.717, 1.165) is 12.1 Å². The zero-order chi connectivity index (χ0) is 29.6. The minimum Gasteiger partial charge on any atom is -0.388 e. The molecule has 1 N–H and O–H groups in total. The predicted octanol–water partition coefficient (Wildman–Crippen LogP) is 8.96. The van der Waals surface area contributed by atoms with E-state index in [1.54, 1.807) is 0 Å². The quantitative estimate of drug-likeness (QED) is 0.300. The smallest absolute Gasteiger partial charge is 0.388 e. The minimum atomic E-state index is -5.36. The van der Waals surface area contributed by atoms with Crippen LogP contribution in [0.2, 0.25) is 0 Å². The van der Waals surface area contributed by atoms with Gasteiger partial charge >= 0.3 is 24.7 Å². The van der Waals surface area contributed by atoms with E-state index in [0.29, 0.717) is 0 Å². The fraction of sp³-hybridized carbons (Fsp3) is 0.280. The molecule has 3 aromatic carbocycles. The first-order valence-electron chi connectivity index (χ1n) is 10.7. The Labute approximate surface area is 211 Å². The SMILES string of the molecule is O[C@@H](c1cc(C(F)(F)F)cc(C(F)(F)F)c1)[C@H](Cc1ccccc1F)c1cc(C(F)(F)F)cc(C(F)(F)F)c1. The molecule has 0 bridgehead atoms. The molecule has 0 fully saturated rings. The standard InChI is InChI=1S/C25H15F13O/c26-20-4-2-1-3-12(20)9-19(13-5-15(22(27,28)29)10-16(6-13)23(30,31)32)21(39)14-7-17(24(33,34)35)11-18(8-14)25(36,37)38/h1-8,10-11,19,21,39H,9H2/t19-,21+/m1/s1. The molecule has 0 spiro atoms. The Bertz CT molecular complexity index is 1250. The molecule has 0 amide bonds. The Morgan fingerprint density at radius 3 is 1.26 bits per heavy atom. The molecule has 0 aliphatic rings. The second-order valence-corrected chi connectivity index (χ2v) is 8.53. The van der Waals surface area contributed by atoms with Crippen molar-refractivity contribution in [3.63, 3.8) is 0 Å². The number of rotatable bonds is 5. The molecular formula is C25H15F13O. The minimum absolute atomic E-state index is 0.0898. The van der Waals surface area contributed by atoms with Gasteiger partial charge in [-0.25, -0.2) is 4.39 Å². The summed E-state index contributed by atoms with van der Waals surface area (Å²) in [4.78, 5) is 0. The van der Waals surface area contributed by atoms with Crippen LogP contribution in [0.3, 0.4) is 0 Å². The van der Waals surface area contributed by atoms with E-state index in [2.05, 4.69) is 0 Å². The molecule has 14 heteroatoms. The monoisotopic (exact) mass is 578 g/mol. The van der Waals surface area contributed by atoms with E-state index < -0.39 is 82.3 Å². The first-order chi connectivity index (χ1) is 17.7. The van der Waals surface area contributed by atoms with Crippen molar-refractivity contribution in [1.29, 1.82) is 0 Å². The van der Waals surface area contributed by atoms with Crippen molar-refractivity contribution in [2.45, 2.75) is 43.1 Å². The number of hydrogen-bond acceptors (Lipinski definition) is 1. The Balaban J connectivity index is 2.30. The highest BCUT2D eigenvalue weighted by Crippen LogP contribution is 2.44. The summed E-state index contributed by atoms with van der Waals surface area (Å²) in [6.07, 6.45) is -24.9.